The van der Waals surface area contributed by atoms with Gasteiger partial charge in [0.15, 0.2) is 0 Å². The van der Waals surface area contributed by atoms with Gasteiger partial charge in [0.05, 0.1) is 12.1 Å². The molecule has 0 bridgehead atoms. The van der Waals surface area contributed by atoms with Crippen LogP contribution in [-0.2, 0) is 17.8 Å². The molecule has 4 nitrogen and oxygen atoms in total. The summed E-state index contributed by atoms with van der Waals surface area (Å²) < 4.78 is 1.97. The molecular weight excluding hydrogens is 252 g/mol. The van der Waals surface area contributed by atoms with Crippen LogP contribution in [0.3, 0.4) is 0 Å². The highest BCUT2D eigenvalue weighted by Gasteiger charge is 2.13. The third-order valence-electron chi connectivity index (χ3n) is 3.83. The van der Waals surface area contributed by atoms with Crippen molar-refractivity contribution < 1.29 is 9.90 Å². The molecule has 20 heavy (non-hydrogen) atoms. The fourth-order valence-corrected chi connectivity index (χ4v) is 2.58. The number of carboxylic acids is 1. The van der Waals surface area contributed by atoms with Crippen molar-refractivity contribution in [3.8, 4) is 0 Å². The van der Waals surface area contributed by atoms with Crippen LogP contribution in [0.4, 0.5) is 0 Å². The first-order valence-corrected chi connectivity index (χ1v) is 7.81. The minimum Gasteiger partial charge on any atom is -0.481 e. The molecule has 0 saturated heterocycles. The third kappa shape index (κ3) is 5.35. The highest BCUT2D eigenvalue weighted by molar-refractivity contribution is 5.70. The normalized spacial score (nSPS) is 10.9. The Labute approximate surface area is 122 Å². The van der Waals surface area contributed by atoms with Crippen molar-refractivity contribution in [3.05, 3.63) is 17.0 Å². The molecule has 0 spiro atoms. The minimum absolute atomic E-state index is 0.0781. The number of aliphatic carboxylic acids is 1. The Hall–Kier alpha value is -1.32. The standard InChI is InChI=1S/C16H28N2O2/c1-4-5-6-7-8-9-10-11-18-14(3)15(12-16(19)20)13(2)17-18/h4-12H2,1-3H3,(H,19,20). The van der Waals surface area contributed by atoms with Gasteiger partial charge in [0, 0.05) is 17.8 Å². The zero-order valence-electron chi connectivity index (χ0n) is 13.1. The Morgan fingerprint density at radius 3 is 2.30 bits per heavy atom. The van der Waals surface area contributed by atoms with E-state index in [2.05, 4.69) is 12.0 Å². The Kier molecular flexibility index (Phi) is 7.34. The molecule has 4 heteroatoms. The van der Waals surface area contributed by atoms with E-state index in [4.69, 9.17) is 5.11 Å². The summed E-state index contributed by atoms with van der Waals surface area (Å²) in [6, 6.07) is 0. The van der Waals surface area contributed by atoms with E-state index < -0.39 is 5.97 Å². The molecule has 0 saturated carbocycles. The molecule has 0 fully saturated rings. The number of rotatable bonds is 10. The third-order valence-corrected chi connectivity index (χ3v) is 3.83. The zero-order valence-corrected chi connectivity index (χ0v) is 13.1. The SMILES string of the molecule is CCCCCCCCCn1nc(C)c(CC(=O)O)c1C. The van der Waals surface area contributed by atoms with Crippen LogP contribution in [0, 0.1) is 13.8 Å². The number of hydrogen-bond acceptors (Lipinski definition) is 2. The van der Waals surface area contributed by atoms with E-state index in [9.17, 15) is 4.79 Å². The average Bonchev–Trinajstić information content (AvgIpc) is 2.65. The monoisotopic (exact) mass is 280 g/mol. The quantitative estimate of drug-likeness (QED) is 0.662. The predicted octanol–water partition coefficient (Wildman–Crippen LogP) is 3.88. The lowest BCUT2D eigenvalue weighted by molar-refractivity contribution is -0.136. The number of hydrogen-bond donors (Lipinski definition) is 1. The Bertz CT molecular complexity index is 424. The van der Waals surface area contributed by atoms with Crippen LogP contribution in [0.5, 0.6) is 0 Å². The Morgan fingerprint density at radius 2 is 1.70 bits per heavy atom. The molecule has 1 N–H and O–H groups in total. The van der Waals surface area contributed by atoms with Crippen LogP contribution in [0.15, 0.2) is 0 Å². The second-order valence-electron chi connectivity index (χ2n) is 5.56. The van der Waals surface area contributed by atoms with Gasteiger partial charge < -0.3 is 5.11 Å². The summed E-state index contributed by atoms with van der Waals surface area (Å²) in [7, 11) is 0. The second kappa shape index (κ2) is 8.77. The van der Waals surface area contributed by atoms with Crippen molar-refractivity contribution >= 4 is 5.97 Å². The van der Waals surface area contributed by atoms with Crippen LogP contribution in [0.2, 0.25) is 0 Å². The summed E-state index contributed by atoms with van der Waals surface area (Å²) in [5, 5.41) is 13.4. The lowest BCUT2D eigenvalue weighted by Crippen LogP contribution is -2.05. The van der Waals surface area contributed by atoms with E-state index in [1.807, 2.05) is 18.5 Å². The van der Waals surface area contributed by atoms with E-state index in [1.165, 1.54) is 38.5 Å². The molecule has 1 heterocycles. The van der Waals surface area contributed by atoms with Crippen LogP contribution in [0.25, 0.3) is 0 Å². The molecule has 114 valence electrons. The van der Waals surface area contributed by atoms with Crippen molar-refractivity contribution in [2.45, 2.75) is 78.7 Å². The number of nitrogens with zero attached hydrogens (tertiary/aromatic N) is 2. The highest BCUT2D eigenvalue weighted by Crippen LogP contribution is 2.15. The topological polar surface area (TPSA) is 55.1 Å². The molecule has 1 rings (SSSR count). The minimum atomic E-state index is -0.785. The van der Waals surface area contributed by atoms with Crippen molar-refractivity contribution in [1.82, 2.24) is 9.78 Å². The van der Waals surface area contributed by atoms with Gasteiger partial charge in [-0.15, -0.1) is 0 Å². The van der Waals surface area contributed by atoms with Crippen LogP contribution in [-0.4, -0.2) is 20.9 Å². The molecule has 1 aromatic heterocycles. The number of unbranched alkanes of at least 4 members (excludes halogenated alkanes) is 6. The highest BCUT2D eigenvalue weighted by atomic mass is 16.4. The molecule has 0 aliphatic rings. The Morgan fingerprint density at radius 1 is 1.10 bits per heavy atom. The molecule has 1 aromatic rings. The van der Waals surface area contributed by atoms with Gasteiger partial charge in [-0.25, -0.2) is 0 Å². The summed E-state index contributed by atoms with van der Waals surface area (Å²) >= 11 is 0. The lowest BCUT2D eigenvalue weighted by atomic mass is 10.1. The van der Waals surface area contributed by atoms with Gasteiger partial charge in [-0.1, -0.05) is 45.4 Å². The summed E-state index contributed by atoms with van der Waals surface area (Å²) in [5.41, 5.74) is 2.74. The fourth-order valence-electron chi connectivity index (χ4n) is 2.58. The lowest BCUT2D eigenvalue weighted by Gasteiger charge is -2.05. The molecule has 0 aromatic carbocycles. The maximum Gasteiger partial charge on any atom is 0.307 e. The molecule has 0 amide bonds. The summed E-state index contributed by atoms with van der Waals surface area (Å²) in [4.78, 5) is 10.8. The zero-order chi connectivity index (χ0) is 15.0. The summed E-state index contributed by atoms with van der Waals surface area (Å²) in [5.74, 6) is -0.785. The van der Waals surface area contributed by atoms with Crippen LogP contribution < -0.4 is 0 Å². The number of carbonyl (C=O) groups is 1. The van der Waals surface area contributed by atoms with Crippen LogP contribution >= 0.6 is 0 Å². The van der Waals surface area contributed by atoms with Crippen molar-refractivity contribution in [2.75, 3.05) is 0 Å². The van der Waals surface area contributed by atoms with Gasteiger partial charge in [-0.05, 0) is 20.3 Å². The molecule has 0 atom stereocenters. The van der Waals surface area contributed by atoms with Gasteiger partial charge in [-0.3, -0.25) is 9.48 Å². The van der Waals surface area contributed by atoms with E-state index in [0.717, 1.165) is 29.9 Å². The summed E-state index contributed by atoms with van der Waals surface area (Å²) in [6.45, 7) is 7.00. The van der Waals surface area contributed by atoms with E-state index in [0.29, 0.717) is 0 Å². The number of aromatic nitrogens is 2. The van der Waals surface area contributed by atoms with Crippen molar-refractivity contribution in [2.24, 2.45) is 0 Å². The molecule has 0 aliphatic heterocycles. The maximum atomic E-state index is 10.8. The van der Waals surface area contributed by atoms with Crippen LogP contribution in [0.1, 0.15) is 68.8 Å². The molecule has 0 aliphatic carbocycles. The van der Waals surface area contributed by atoms with Gasteiger partial charge in [-0.2, -0.15) is 5.10 Å². The van der Waals surface area contributed by atoms with Crippen molar-refractivity contribution in [1.29, 1.82) is 0 Å². The largest absolute Gasteiger partial charge is 0.481 e. The fraction of sp³-hybridized carbons (Fsp3) is 0.750. The van der Waals surface area contributed by atoms with Gasteiger partial charge in [0.1, 0.15) is 0 Å². The first kappa shape index (κ1) is 16.7. The predicted molar refractivity (Wildman–Crippen MR) is 81.0 cm³/mol. The Balaban J connectivity index is 2.35. The molecule has 0 unspecified atom stereocenters. The molecule has 0 radical (unpaired) electrons. The van der Waals surface area contributed by atoms with E-state index in [1.54, 1.807) is 0 Å². The van der Waals surface area contributed by atoms with Gasteiger partial charge >= 0.3 is 5.97 Å². The maximum absolute atomic E-state index is 10.8. The first-order chi connectivity index (χ1) is 9.56. The van der Waals surface area contributed by atoms with E-state index in [-0.39, 0.29) is 6.42 Å². The first-order valence-electron chi connectivity index (χ1n) is 7.81. The second-order valence-corrected chi connectivity index (χ2v) is 5.56. The van der Waals surface area contributed by atoms with E-state index >= 15 is 0 Å². The smallest absolute Gasteiger partial charge is 0.307 e. The summed E-state index contributed by atoms with van der Waals surface area (Å²) in [6.07, 6.45) is 9.04. The van der Waals surface area contributed by atoms with Gasteiger partial charge in [0.2, 0.25) is 0 Å². The number of carboxylic acid groups (broad SMARTS) is 1. The molecular formula is C16H28N2O2. The average molecular weight is 280 g/mol. The van der Waals surface area contributed by atoms with Crippen molar-refractivity contribution in [3.63, 3.8) is 0 Å². The van der Waals surface area contributed by atoms with Gasteiger partial charge in [0.25, 0.3) is 0 Å². The number of aryl methyl sites for hydroxylation is 2.